The SMILES string of the molecule is CCOC(=O)C1=C(CN2CCN(C(=O)NC(C)(C)C)[C@H](C)C2)N(CC)C(=O)N[C@H]1c1ccccc1OC. The van der Waals surface area contributed by atoms with E-state index in [0.29, 0.717) is 55.3 Å². The van der Waals surface area contributed by atoms with Gasteiger partial charge in [0.25, 0.3) is 0 Å². The van der Waals surface area contributed by atoms with Crippen LogP contribution in [-0.2, 0) is 9.53 Å². The van der Waals surface area contributed by atoms with Crippen LogP contribution in [0.25, 0.3) is 0 Å². The Hall–Kier alpha value is -3.27. The van der Waals surface area contributed by atoms with Crippen LogP contribution in [0, 0.1) is 0 Å². The zero-order chi connectivity index (χ0) is 27.3. The van der Waals surface area contributed by atoms with E-state index in [9.17, 15) is 14.4 Å². The smallest absolute Gasteiger partial charge is 0.338 e. The molecule has 37 heavy (non-hydrogen) atoms. The maximum absolute atomic E-state index is 13.4. The van der Waals surface area contributed by atoms with E-state index in [-0.39, 0.29) is 30.2 Å². The number of methoxy groups -OCH3 is 1. The van der Waals surface area contributed by atoms with Crippen molar-refractivity contribution in [2.24, 2.45) is 0 Å². The largest absolute Gasteiger partial charge is 0.496 e. The van der Waals surface area contributed by atoms with E-state index in [1.54, 1.807) is 25.0 Å². The van der Waals surface area contributed by atoms with Crippen LogP contribution in [0.5, 0.6) is 5.75 Å². The van der Waals surface area contributed by atoms with E-state index in [1.165, 1.54) is 0 Å². The number of amides is 4. The van der Waals surface area contributed by atoms with Gasteiger partial charge in [-0.05, 0) is 47.6 Å². The molecule has 10 heteroatoms. The molecule has 0 aliphatic carbocycles. The lowest BCUT2D eigenvalue weighted by molar-refractivity contribution is -0.139. The van der Waals surface area contributed by atoms with Crippen LogP contribution < -0.4 is 15.4 Å². The minimum atomic E-state index is -0.711. The van der Waals surface area contributed by atoms with Crippen molar-refractivity contribution in [3.8, 4) is 5.75 Å². The van der Waals surface area contributed by atoms with E-state index in [0.717, 1.165) is 0 Å². The summed E-state index contributed by atoms with van der Waals surface area (Å²) in [4.78, 5) is 45.0. The Morgan fingerprint density at radius 3 is 2.46 bits per heavy atom. The van der Waals surface area contributed by atoms with Crippen LogP contribution in [0.3, 0.4) is 0 Å². The van der Waals surface area contributed by atoms with Crippen LogP contribution in [0.2, 0.25) is 0 Å². The Morgan fingerprint density at radius 1 is 1.16 bits per heavy atom. The van der Waals surface area contributed by atoms with E-state index in [4.69, 9.17) is 9.47 Å². The number of hydrogen-bond acceptors (Lipinski definition) is 6. The molecular weight excluding hydrogens is 474 g/mol. The van der Waals surface area contributed by atoms with Gasteiger partial charge in [-0.15, -0.1) is 0 Å². The highest BCUT2D eigenvalue weighted by atomic mass is 16.5. The molecule has 2 atom stereocenters. The molecule has 1 aromatic rings. The van der Waals surface area contributed by atoms with E-state index in [1.807, 2.05) is 57.7 Å². The number of hydrogen-bond donors (Lipinski definition) is 2. The van der Waals surface area contributed by atoms with Gasteiger partial charge >= 0.3 is 18.0 Å². The molecule has 10 nitrogen and oxygen atoms in total. The number of carbonyl (C=O) groups is 3. The standard InChI is InChI=1S/C27H41N5O5/c1-8-31-20(17-30-14-15-32(18(3)16-30)26(35)29-27(4,5)6)22(24(33)37-9-2)23(28-25(31)34)19-12-10-11-13-21(19)36-7/h10-13,18,23H,8-9,14-17H2,1-7H3,(H,28,34)(H,29,35)/t18-,23+/m1/s1. The fourth-order valence-corrected chi connectivity index (χ4v) is 4.88. The average molecular weight is 516 g/mol. The third-order valence-corrected chi connectivity index (χ3v) is 6.53. The molecule has 0 radical (unpaired) electrons. The Labute approximate surface area is 219 Å². The van der Waals surface area contributed by atoms with Gasteiger partial charge in [-0.1, -0.05) is 18.2 Å². The van der Waals surface area contributed by atoms with E-state index in [2.05, 4.69) is 15.5 Å². The lowest BCUT2D eigenvalue weighted by Gasteiger charge is -2.43. The van der Waals surface area contributed by atoms with Crippen LogP contribution in [0.4, 0.5) is 9.59 Å². The predicted octanol–water partition coefficient (Wildman–Crippen LogP) is 3.11. The van der Waals surface area contributed by atoms with Crippen molar-refractivity contribution in [3.63, 3.8) is 0 Å². The molecule has 0 aromatic heterocycles. The lowest BCUT2D eigenvalue weighted by atomic mass is 9.93. The molecule has 2 heterocycles. The predicted molar refractivity (Wildman–Crippen MR) is 141 cm³/mol. The van der Waals surface area contributed by atoms with Crippen LogP contribution in [0.15, 0.2) is 35.5 Å². The molecule has 1 saturated heterocycles. The van der Waals surface area contributed by atoms with Gasteiger partial charge in [0.1, 0.15) is 5.75 Å². The van der Waals surface area contributed by atoms with Crippen molar-refractivity contribution in [3.05, 3.63) is 41.1 Å². The second-order valence-corrected chi connectivity index (χ2v) is 10.4. The van der Waals surface area contributed by atoms with Gasteiger partial charge in [-0.2, -0.15) is 0 Å². The summed E-state index contributed by atoms with van der Waals surface area (Å²) in [6.07, 6.45) is 0. The topological polar surface area (TPSA) is 103 Å². The number of para-hydroxylation sites is 1. The maximum atomic E-state index is 13.4. The zero-order valence-electron chi connectivity index (χ0n) is 23.1. The number of nitrogens with one attached hydrogen (secondary N) is 2. The first-order chi connectivity index (χ1) is 17.5. The van der Waals surface area contributed by atoms with Gasteiger partial charge in [0.15, 0.2) is 0 Å². The van der Waals surface area contributed by atoms with Gasteiger partial charge in [0, 0.05) is 55.6 Å². The number of urea groups is 2. The fourth-order valence-electron chi connectivity index (χ4n) is 4.88. The first kappa shape index (κ1) is 28.3. The highest BCUT2D eigenvalue weighted by Crippen LogP contribution is 2.36. The molecule has 1 fully saturated rings. The van der Waals surface area contributed by atoms with Gasteiger partial charge in [-0.3, -0.25) is 9.80 Å². The van der Waals surface area contributed by atoms with Crippen LogP contribution in [0.1, 0.15) is 53.1 Å². The monoisotopic (exact) mass is 515 g/mol. The Kier molecular flexibility index (Phi) is 9.07. The highest BCUT2D eigenvalue weighted by molar-refractivity contribution is 5.95. The average Bonchev–Trinajstić information content (AvgIpc) is 2.82. The first-order valence-corrected chi connectivity index (χ1v) is 12.9. The van der Waals surface area contributed by atoms with Gasteiger partial charge in [0.2, 0.25) is 0 Å². The minimum Gasteiger partial charge on any atom is -0.496 e. The number of piperazine rings is 1. The Morgan fingerprint density at radius 2 is 1.86 bits per heavy atom. The number of benzene rings is 1. The van der Waals surface area contributed by atoms with Crippen molar-refractivity contribution in [1.82, 2.24) is 25.3 Å². The minimum absolute atomic E-state index is 0.0414. The summed E-state index contributed by atoms with van der Waals surface area (Å²) in [6, 6.07) is 6.22. The quantitative estimate of drug-likeness (QED) is 0.541. The number of nitrogens with zero attached hydrogens (tertiary/aromatic N) is 3. The van der Waals surface area contributed by atoms with Crippen molar-refractivity contribution in [2.75, 3.05) is 46.4 Å². The third kappa shape index (κ3) is 6.54. The van der Waals surface area contributed by atoms with Crippen molar-refractivity contribution >= 4 is 18.0 Å². The molecule has 4 amide bonds. The van der Waals surface area contributed by atoms with Gasteiger partial charge < -0.3 is 25.0 Å². The van der Waals surface area contributed by atoms with Gasteiger partial charge in [0.05, 0.1) is 25.3 Å². The highest BCUT2D eigenvalue weighted by Gasteiger charge is 2.40. The molecule has 2 N–H and O–H groups in total. The van der Waals surface area contributed by atoms with Crippen molar-refractivity contribution in [1.29, 1.82) is 0 Å². The third-order valence-electron chi connectivity index (χ3n) is 6.53. The molecule has 2 aliphatic rings. The number of esters is 1. The molecule has 0 bridgehead atoms. The summed E-state index contributed by atoms with van der Waals surface area (Å²) >= 11 is 0. The second kappa shape index (κ2) is 11.9. The Balaban J connectivity index is 1.96. The van der Waals surface area contributed by atoms with Gasteiger partial charge in [-0.25, -0.2) is 14.4 Å². The summed E-state index contributed by atoms with van der Waals surface area (Å²) in [5, 5.41) is 6.02. The number of rotatable bonds is 7. The number of likely N-dealkylation sites (N-methyl/N-ethyl adjacent to an activating group) is 1. The summed E-state index contributed by atoms with van der Waals surface area (Å²) < 4.78 is 11.0. The van der Waals surface area contributed by atoms with E-state index >= 15 is 0 Å². The first-order valence-electron chi connectivity index (χ1n) is 12.9. The van der Waals surface area contributed by atoms with Crippen LogP contribution in [-0.4, -0.2) is 90.8 Å². The number of carbonyl (C=O) groups excluding carboxylic acids is 3. The maximum Gasteiger partial charge on any atom is 0.338 e. The number of ether oxygens (including phenoxy) is 2. The summed E-state index contributed by atoms with van der Waals surface area (Å²) in [5.41, 5.74) is 1.37. The fraction of sp³-hybridized carbons (Fsp3) is 0.593. The van der Waals surface area contributed by atoms with Crippen molar-refractivity contribution < 1.29 is 23.9 Å². The van der Waals surface area contributed by atoms with Crippen LogP contribution >= 0.6 is 0 Å². The lowest BCUT2D eigenvalue weighted by Crippen LogP contribution is -2.59. The summed E-state index contributed by atoms with van der Waals surface area (Å²) in [5.74, 6) is 0.106. The molecule has 2 aliphatic heterocycles. The molecule has 0 unspecified atom stereocenters. The molecule has 3 rings (SSSR count). The molecule has 0 saturated carbocycles. The molecule has 0 spiro atoms. The summed E-state index contributed by atoms with van der Waals surface area (Å²) in [6.45, 7) is 14.3. The zero-order valence-corrected chi connectivity index (χ0v) is 23.1. The summed E-state index contributed by atoms with van der Waals surface area (Å²) in [7, 11) is 1.56. The second-order valence-electron chi connectivity index (χ2n) is 10.4. The van der Waals surface area contributed by atoms with Crippen molar-refractivity contribution in [2.45, 2.75) is 59.2 Å². The molecule has 1 aromatic carbocycles. The molecular formula is C27H41N5O5. The molecule has 204 valence electrons. The Bertz CT molecular complexity index is 1030. The normalized spacial score (nSPS) is 21.0. The van der Waals surface area contributed by atoms with E-state index < -0.39 is 12.0 Å².